The van der Waals surface area contributed by atoms with Gasteiger partial charge in [-0.25, -0.2) is 4.98 Å². The van der Waals surface area contributed by atoms with Crippen molar-refractivity contribution in [1.82, 2.24) is 25.1 Å². The molecule has 0 bridgehead atoms. The van der Waals surface area contributed by atoms with E-state index in [1.165, 1.54) is 0 Å². The van der Waals surface area contributed by atoms with Crippen LogP contribution >= 0.6 is 0 Å². The van der Waals surface area contributed by atoms with Crippen LogP contribution in [-0.2, 0) is 13.1 Å². The molecule has 32 heavy (non-hydrogen) atoms. The molecule has 0 unspecified atom stereocenters. The van der Waals surface area contributed by atoms with Crippen LogP contribution in [0.1, 0.15) is 29.8 Å². The fraction of sp³-hybridized carbons (Fsp3) is 0.458. The Morgan fingerprint density at radius 2 is 2.03 bits per heavy atom. The molecule has 0 aliphatic carbocycles. The van der Waals surface area contributed by atoms with E-state index in [4.69, 9.17) is 4.74 Å². The molecule has 1 fully saturated rings. The molecule has 1 aliphatic rings. The molecule has 4 rings (SSSR count). The number of ether oxygens (including phenoxy) is 1. The minimum absolute atomic E-state index is 0.532. The van der Waals surface area contributed by atoms with Gasteiger partial charge in [0.15, 0.2) is 0 Å². The Bertz CT molecular complexity index is 991. The number of aryl methyl sites for hydroxylation is 2. The summed E-state index contributed by atoms with van der Waals surface area (Å²) in [5, 5.41) is 18.9. The van der Waals surface area contributed by atoms with Crippen LogP contribution in [-0.4, -0.2) is 56.7 Å². The highest BCUT2D eigenvalue weighted by molar-refractivity contribution is 5.36. The molecule has 1 aliphatic heterocycles. The number of anilines is 1. The molecule has 8 nitrogen and oxygen atoms in total. The molecule has 1 aromatic carbocycles. The van der Waals surface area contributed by atoms with Crippen LogP contribution in [0.25, 0.3) is 0 Å². The van der Waals surface area contributed by atoms with Crippen LogP contribution in [0.2, 0.25) is 0 Å². The second-order valence-corrected chi connectivity index (χ2v) is 8.56. The maximum atomic E-state index is 11.1. The SMILES string of the molecule is Cc1cc(C)n(CCOc2ccc(CNC[C@]3(O)CCCN(c4cnccn4)C3)cc2)n1. The molecule has 170 valence electrons. The number of nitrogens with zero attached hydrogens (tertiary/aromatic N) is 5. The van der Waals surface area contributed by atoms with Crippen LogP contribution in [0.3, 0.4) is 0 Å². The Labute approximate surface area is 189 Å². The fourth-order valence-electron chi connectivity index (χ4n) is 4.20. The largest absolute Gasteiger partial charge is 0.492 e. The predicted octanol–water partition coefficient (Wildman–Crippen LogP) is 2.49. The molecular formula is C24H32N6O2. The molecule has 2 aromatic heterocycles. The first-order valence-corrected chi connectivity index (χ1v) is 11.2. The van der Waals surface area contributed by atoms with Crippen molar-refractivity contribution in [2.45, 2.75) is 45.4 Å². The quantitative estimate of drug-likeness (QED) is 0.533. The third kappa shape index (κ3) is 5.83. The number of nitrogens with one attached hydrogen (secondary N) is 1. The zero-order chi connectivity index (χ0) is 22.4. The standard InChI is InChI=1S/C24H32N6O2/c1-19-14-20(2)30(28-19)12-13-32-22-6-4-21(5-7-22)15-26-17-24(31)8-3-11-29(18-24)23-16-25-9-10-27-23/h4-7,9-10,14,16,26,31H,3,8,11-13,15,17-18H2,1-2H3/t24-/m1/s1. The van der Waals surface area contributed by atoms with Gasteiger partial charge >= 0.3 is 0 Å². The summed E-state index contributed by atoms with van der Waals surface area (Å²) in [6.07, 6.45) is 6.81. The van der Waals surface area contributed by atoms with Crippen molar-refractivity contribution in [2.24, 2.45) is 0 Å². The lowest BCUT2D eigenvalue weighted by atomic mass is 9.92. The lowest BCUT2D eigenvalue weighted by Gasteiger charge is -2.39. The van der Waals surface area contributed by atoms with Gasteiger partial charge in [0.1, 0.15) is 18.2 Å². The zero-order valence-electron chi connectivity index (χ0n) is 18.9. The van der Waals surface area contributed by atoms with Gasteiger partial charge in [0.25, 0.3) is 0 Å². The van der Waals surface area contributed by atoms with Crippen molar-refractivity contribution >= 4 is 5.82 Å². The van der Waals surface area contributed by atoms with Crippen molar-refractivity contribution in [3.63, 3.8) is 0 Å². The lowest BCUT2D eigenvalue weighted by molar-refractivity contribution is 0.0258. The maximum absolute atomic E-state index is 11.1. The fourth-order valence-corrected chi connectivity index (χ4v) is 4.20. The van der Waals surface area contributed by atoms with Gasteiger partial charge in [0.05, 0.1) is 24.0 Å². The van der Waals surface area contributed by atoms with Gasteiger partial charge < -0.3 is 20.1 Å². The average Bonchev–Trinajstić information content (AvgIpc) is 3.12. The van der Waals surface area contributed by atoms with Crippen molar-refractivity contribution in [3.8, 4) is 5.75 Å². The van der Waals surface area contributed by atoms with Gasteiger partial charge in [-0.15, -0.1) is 0 Å². The Balaban J connectivity index is 1.21. The van der Waals surface area contributed by atoms with E-state index in [2.05, 4.69) is 50.4 Å². The summed E-state index contributed by atoms with van der Waals surface area (Å²) in [5.41, 5.74) is 2.55. The van der Waals surface area contributed by atoms with E-state index in [-0.39, 0.29) is 0 Å². The highest BCUT2D eigenvalue weighted by Crippen LogP contribution is 2.24. The summed E-state index contributed by atoms with van der Waals surface area (Å²) < 4.78 is 7.83. The van der Waals surface area contributed by atoms with Gasteiger partial charge in [-0.1, -0.05) is 12.1 Å². The highest BCUT2D eigenvalue weighted by atomic mass is 16.5. The van der Waals surface area contributed by atoms with E-state index in [0.29, 0.717) is 26.2 Å². The number of hydrogen-bond acceptors (Lipinski definition) is 7. The molecule has 0 radical (unpaired) electrons. The van der Waals surface area contributed by atoms with Crippen LogP contribution in [0.5, 0.6) is 5.75 Å². The molecule has 2 N–H and O–H groups in total. The molecule has 1 saturated heterocycles. The third-order valence-corrected chi connectivity index (χ3v) is 5.81. The smallest absolute Gasteiger partial charge is 0.147 e. The van der Waals surface area contributed by atoms with Gasteiger partial charge in [0.2, 0.25) is 0 Å². The van der Waals surface area contributed by atoms with Gasteiger partial charge in [-0.05, 0) is 50.5 Å². The van der Waals surface area contributed by atoms with Gasteiger partial charge in [-0.2, -0.15) is 5.10 Å². The van der Waals surface area contributed by atoms with E-state index in [1.807, 2.05) is 23.7 Å². The third-order valence-electron chi connectivity index (χ3n) is 5.81. The summed E-state index contributed by atoms with van der Waals surface area (Å²) in [7, 11) is 0. The Morgan fingerprint density at radius 3 is 2.75 bits per heavy atom. The van der Waals surface area contributed by atoms with E-state index < -0.39 is 5.60 Å². The van der Waals surface area contributed by atoms with Gasteiger partial charge in [-0.3, -0.25) is 9.67 Å². The first-order chi connectivity index (χ1) is 15.5. The van der Waals surface area contributed by atoms with Crippen LogP contribution in [0.15, 0.2) is 48.9 Å². The molecule has 0 amide bonds. The van der Waals surface area contributed by atoms with Crippen molar-refractivity contribution in [1.29, 1.82) is 0 Å². The number of aromatic nitrogens is 4. The molecule has 8 heteroatoms. The zero-order valence-corrected chi connectivity index (χ0v) is 18.9. The topological polar surface area (TPSA) is 88.3 Å². The summed E-state index contributed by atoms with van der Waals surface area (Å²) >= 11 is 0. The van der Waals surface area contributed by atoms with Crippen LogP contribution < -0.4 is 15.0 Å². The Morgan fingerprint density at radius 1 is 1.19 bits per heavy atom. The van der Waals surface area contributed by atoms with Crippen molar-refractivity contribution in [3.05, 3.63) is 65.9 Å². The second-order valence-electron chi connectivity index (χ2n) is 8.56. The average molecular weight is 437 g/mol. The first-order valence-electron chi connectivity index (χ1n) is 11.2. The monoisotopic (exact) mass is 436 g/mol. The molecule has 0 spiro atoms. The van der Waals surface area contributed by atoms with E-state index in [9.17, 15) is 5.11 Å². The molecule has 1 atom stereocenters. The van der Waals surface area contributed by atoms with E-state index in [0.717, 1.165) is 54.4 Å². The second kappa shape index (κ2) is 10.1. The van der Waals surface area contributed by atoms with Crippen LogP contribution in [0.4, 0.5) is 5.82 Å². The predicted molar refractivity (Wildman–Crippen MR) is 124 cm³/mol. The Kier molecular flexibility index (Phi) is 7.02. The highest BCUT2D eigenvalue weighted by Gasteiger charge is 2.33. The normalized spacial score (nSPS) is 18.7. The Hall–Kier alpha value is -2.97. The molecule has 0 saturated carbocycles. The minimum Gasteiger partial charge on any atom is -0.492 e. The van der Waals surface area contributed by atoms with Gasteiger partial charge in [0, 0.05) is 44.3 Å². The molecular weight excluding hydrogens is 404 g/mol. The minimum atomic E-state index is -0.776. The molecule has 3 aromatic rings. The molecule has 3 heterocycles. The summed E-state index contributed by atoms with van der Waals surface area (Å²) in [5.74, 6) is 1.67. The summed E-state index contributed by atoms with van der Waals surface area (Å²) in [4.78, 5) is 10.6. The number of β-amino-alcohol motifs (C(OH)–C–C–N with tert-alkyl or cyclic N) is 1. The number of benzene rings is 1. The van der Waals surface area contributed by atoms with Crippen molar-refractivity contribution in [2.75, 3.05) is 31.1 Å². The number of piperidine rings is 1. The van der Waals surface area contributed by atoms with E-state index in [1.54, 1.807) is 18.6 Å². The lowest BCUT2D eigenvalue weighted by Crippen LogP contribution is -2.53. The maximum Gasteiger partial charge on any atom is 0.147 e. The van der Waals surface area contributed by atoms with Crippen molar-refractivity contribution < 1.29 is 9.84 Å². The summed E-state index contributed by atoms with van der Waals surface area (Å²) in [6.45, 7) is 8.03. The van der Waals surface area contributed by atoms with Crippen LogP contribution in [0, 0.1) is 13.8 Å². The number of rotatable bonds is 9. The summed E-state index contributed by atoms with van der Waals surface area (Å²) in [6, 6.07) is 10.2. The first kappa shape index (κ1) is 22.2. The van der Waals surface area contributed by atoms with E-state index >= 15 is 0 Å². The number of aliphatic hydroxyl groups is 1. The number of hydrogen-bond donors (Lipinski definition) is 2.